The van der Waals surface area contributed by atoms with Crippen LogP contribution in [0.15, 0.2) is 18.3 Å². The largest absolute Gasteiger partial charge is 0.278 e. The van der Waals surface area contributed by atoms with Crippen LogP contribution in [0.4, 0.5) is 4.39 Å². The first-order valence-corrected chi connectivity index (χ1v) is 4.36. The first kappa shape index (κ1) is 9.71. The average Bonchev–Trinajstić information content (AvgIpc) is 2.56. The molecule has 0 atom stereocenters. The molecular weight excluding hydrogens is 167 g/mol. The van der Waals surface area contributed by atoms with Gasteiger partial charge in [-0.2, -0.15) is 5.10 Å². The Morgan fingerprint density at radius 1 is 1.31 bits per heavy atom. The first-order valence-electron chi connectivity index (χ1n) is 4.36. The quantitative estimate of drug-likeness (QED) is 0.663. The normalized spacial score (nSPS) is 9.54. The Labute approximate surface area is 76.8 Å². The maximum atomic E-state index is 12.9. The fraction of sp³-hybridized carbons (Fsp3) is 0.300. The van der Waals surface area contributed by atoms with E-state index in [9.17, 15) is 4.39 Å². The van der Waals surface area contributed by atoms with Crippen molar-refractivity contribution in [1.82, 2.24) is 10.2 Å². The van der Waals surface area contributed by atoms with Gasteiger partial charge in [-0.25, -0.2) is 4.39 Å². The molecule has 2 rings (SSSR count). The van der Waals surface area contributed by atoms with Gasteiger partial charge < -0.3 is 0 Å². The predicted octanol–water partition coefficient (Wildman–Crippen LogP) is 3.04. The van der Waals surface area contributed by atoms with E-state index in [0.29, 0.717) is 5.56 Å². The maximum Gasteiger partial charge on any atom is 0.126 e. The summed E-state index contributed by atoms with van der Waals surface area (Å²) in [6.07, 6.45) is 1.61. The SMILES string of the molecule is CC.Cc1cc2[nH]ncc2cc1F. The predicted molar refractivity (Wildman–Crippen MR) is 52.1 cm³/mol. The minimum atomic E-state index is -0.182. The number of rotatable bonds is 0. The molecule has 0 unspecified atom stereocenters. The number of aryl methyl sites for hydroxylation is 1. The van der Waals surface area contributed by atoms with Gasteiger partial charge in [0.1, 0.15) is 5.82 Å². The van der Waals surface area contributed by atoms with Crippen LogP contribution in [0.2, 0.25) is 0 Å². The number of aromatic amines is 1. The van der Waals surface area contributed by atoms with Gasteiger partial charge >= 0.3 is 0 Å². The van der Waals surface area contributed by atoms with E-state index in [2.05, 4.69) is 10.2 Å². The summed E-state index contributed by atoms with van der Waals surface area (Å²) in [5.74, 6) is -0.182. The Morgan fingerprint density at radius 3 is 2.69 bits per heavy atom. The van der Waals surface area contributed by atoms with E-state index in [1.807, 2.05) is 13.8 Å². The molecule has 0 radical (unpaired) electrons. The van der Waals surface area contributed by atoms with E-state index in [0.717, 1.165) is 10.9 Å². The van der Waals surface area contributed by atoms with Crippen molar-refractivity contribution < 1.29 is 4.39 Å². The summed E-state index contributed by atoms with van der Waals surface area (Å²) in [5.41, 5.74) is 1.52. The summed E-state index contributed by atoms with van der Waals surface area (Å²) in [6, 6.07) is 3.23. The minimum absolute atomic E-state index is 0.182. The Hall–Kier alpha value is -1.38. The fourth-order valence-corrected chi connectivity index (χ4v) is 1.07. The molecule has 1 N–H and O–H groups in total. The fourth-order valence-electron chi connectivity index (χ4n) is 1.07. The van der Waals surface area contributed by atoms with Crippen molar-refractivity contribution in [3.8, 4) is 0 Å². The molecule has 0 fully saturated rings. The van der Waals surface area contributed by atoms with Crippen molar-refractivity contribution in [2.75, 3.05) is 0 Å². The molecule has 0 amide bonds. The highest BCUT2D eigenvalue weighted by Gasteiger charge is 2.00. The van der Waals surface area contributed by atoms with Crippen LogP contribution in [0.1, 0.15) is 19.4 Å². The number of fused-ring (bicyclic) bond motifs is 1. The van der Waals surface area contributed by atoms with Crippen LogP contribution in [-0.2, 0) is 0 Å². The third-order valence-electron chi connectivity index (χ3n) is 1.72. The molecule has 13 heavy (non-hydrogen) atoms. The monoisotopic (exact) mass is 180 g/mol. The van der Waals surface area contributed by atoms with Crippen LogP contribution in [0.25, 0.3) is 10.9 Å². The Morgan fingerprint density at radius 2 is 2.00 bits per heavy atom. The van der Waals surface area contributed by atoms with E-state index >= 15 is 0 Å². The molecule has 1 heterocycles. The molecule has 1 aromatic carbocycles. The third kappa shape index (κ3) is 1.86. The number of nitrogens with one attached hydrogen (secondary N) is 1. The van der Waals surface area contributed by atoms with Crippen molar-refractivity contribution in [3.63, 3.8) is 0 Å². The van der Waals surface area contributed by atoms with Crippen molar-refractivity contribution >= 4 is 10.9 Å². The number of hydrogen-bond acceptors (Lipinski definition) is 1. The van der Waals surface area contributed by atoms with Crippen LogP contribution in [0.5, 0.6) is 0 Å². The number of aromatic nitrogens is 2. The Bertz CT molecular complexity index is 357. The second-order valence-corrected chi connectivity index (χ2v) is 2.56. The Balaban J connectivity index is 0.000000396. The van der Waals surface area contributed by atoms with Crippen molar-refractivity contribution in [3.05, 3.63) is 29.7 Å². The van der Waals surface area contributed by atoms with Gasteiger partial charge in [-0.3, -0.25) is 5.10 Å². The molecule has 0 aliphatic carbocycles. The lowest BCUT2D eigenvalue weighted by atomic mass is 10.2. The van der Waals surface area contributed by atoms with Gasteiger partial charge in [-0.05, 0) is 24.6 Å². The van der Waals surface area contributed by atoms with Gasteiger partial charge in [-0.15, -0.1) is 0 Å². The minimum Gasteiger partial charge on any atom is -0.278 e. The van der Waals surface area contributed by atoms with Gasteiger partial charge in [-0.1, -0.05) is 13.8 Å². The van der Waals surface area contributed by atoms with Gasteiger partial charge in [0.25, 0.3) is 0 Å². The van der Waals surface area contributed by atoms with E-state index < -0.39 is 0 Å². The van der Waals surface area contributed by atoms with Crippen molar-refractivity contribution in [2.45, 2.75) is 20.8 Å². The van der Waals surface area contributed by atoms with Crippen LogP contribution in [0, 0.1) is 12.7 Å². The second kappa shape index (κ2) is 4.03. The molecule has 2 nitrogen and oxygen atoms in total. The lowest BCUT2D eigenvalue weighted by Gasteiger charge is -1.93. The molecule has 2 aromatic rings. The molecule has 0 aliphatic rings. The second-order valence-electron chi connectivity index (χ2n) is 2.56. The standard InChI is InChI=1S/C8H7FN2.C2H6/c1-5-2-8-6(3-7(5)9)4-10-11-8;1-2/h2-4H,1H3,(H,10,11);1-2H3. The van der Waals surface area contributed by atoms with Gasteiger partial charge in [0.2, 0.25) is 0 Å². The third-order valence-corrected chi connectivity index (χ3v) is 1.72. The number of nitrogens with zero attached hydrogens (tertiary/aromatic N) is 1. The van der Waals surface area contributed by atoms with Crippen LogP contribution in [0.3, 0.4) is 0 Å². The number of H-pyrrole nitrogens is 1. The van der Waals surface area contributed by atoms with E-state index in [1.165, 1.54) is 6.07 Å². The zero-order valence-electron chi connectivity index (χ0n) is 8.06. The van der Waals surface area contributed by atoms with E-state index in [4.69, 9.17) is 0 Å². The Kier molecular flexibility index (Phi) is 3.01. The highest BCUT2D eigenvalue weighted by atomic mass is 19.1. The highest BCUT2D eigenvalue weighted by molar-refractivity contribution is 5.78. The molecule has 1 aromatic heterocycles. The molecule has 0 spiro atoms. The van der Waals surface area contributed by atoms with Gasteiger partial charge in [0.05, 0.1) is 11.7 Å². The van der Waals surface area contributed by atoms with Crippen LogP contribution < -0.4 is 0 Å². The summed E-state index contributed by atoms with van der Waals surface area (Å²) < 4.78 is 12.9. The number of benzene rings is 1. The summed E-state index contributed by atoms with van der Waals surface area (Å²) in [5, 5.41) is 7.38. The molecular formula is C10H13FN2. The summed E-state index contributed by atoms with van der Waals surface area (Å²) in [7, 11) is 0. The summed E-state index contributed by atoms with van der Waals surface area (Å²) in [6.45, 7) is 5.73. The molecule has 0 aliphatic heterocycles. The van der Waals surface area contributed by atoms with Crippen LogP contribution >= 0.6 is 0 Å². The summed E-state index contributed by atoms with van der Waals surface area (Å²) in [4.78, 5) is 0. The van der Waals surface area contributed by atoms with Crippen molar-refractivity contribution in [1.29, 1.82) is 0 Å². The smallest absolute Gasteiger partial charge is 0.126 e. The molecule has 0 saturated carbocycles. The molecule has 0 saturated heterocycles. The highest BCUT2D eigenvalue weighted by Crippen LogP contribution is 2.15. The number of hydrogen-bond donors (Lipinski definition) is 1. The lowest BCUT2D eigenvalue weighted by Crippen LogP contribution is -1.80. The topological polar surface area (TPSA) is 28.7 Å². The zero-order chi connectivity index (χ0) is 9.84. The van der Waals surface area contributed by atoms with E-state index in [-0.39, 0.29) is 5.82 Å². The molecule has 0 bridgehead atoms. The van der Waals surface area contributed by atoms with Crippen molar-refractivity contribution in [2.24, 2.45) is 0 Å². The van der Waals surface area contributed by atoms with Gasteiger partial charge in [0, 0.05) is 5.39 Å². The zero-order valence-corrected chi connectivity index (χ0v) is 8.06. The number of halogens is 1. The summed E-state index contributed by atoms with van der Waals surface area (Å²) >= 11 is 0. The first-order chi connectivity index (χ1) is 6.27. The van der Waals surface area contributed by atoms with Gasteiger partial charge in [0.15, 0.2) is 0 Å². The lowest BCUT2D eigenvalue weighted by molar-refractivity contribution is 0.620. The molecule has 70 valence electrons. The van der Waals surface area contributed by atoms with E-state index in [1.54, 1.807) is 19.2 Å². The molecule has 3 heteroatoms. The average molecular weight is 180 g/mol. The maximum absolute atomic E-state index is 12.9. The van der Waals surface area contributed by atoms with Crippen LogP contribution in [-0.4, -0.2) is 10.2 Å².